The van der Waals surface area contributed by atoms with Crippen molar-refractivity contribution in [1.82, 2.24) is 19.4 Å². The number of rotatable bonds is 5. The highest BCUT2D eigenvalue weighted by Gasteiger charge is 2.31. The Kier molecular flexibility index (Phi) is 5.85. The minimum atomic E-state index is -0.173. The highest BCUT2D eigenvalue weighted by Crippen LogP contribution is 2.29. The summed E-state index contributed by atoms with van der Waals surface area (Å²) in [5.41, 5.74) is 3.92. The van der Waals surface area contributed by atoms with Crippen LogP contribution in [0.25, 0.3) is 21.8 Å². The number of hydrogen-bond acceptors (Lipinski definition) is 2. The van der Waals surface area contributed by atoms with Crippen molar-refractivity contribution in [3.63, 3.8) is 0 Å². The van der Waals surface area contributed by atoms with Crippen molar-refractivity contribution >= 4 is 27.7 Å². The van der Waals surface area contributed by atoms with Gasteiger partial charge in [-0.1, -0.05) is 12.1 Å². The summed E-state index contributed by atoms with van der Waals surface area (Å²) >= 11 is 0. The van der Waals surface area contributed by atoms with Crippen LogP contribution in [0.3, 0.4) is 0 Å². The number of carbonyl (C=O) groups is 1. The van der Waals surface area contributed by atoms with E-state index in [0.717, 1.165) is 80.1 Å². The lowest BCUT2D eigenvalue weighted by Crippen LogP contribution is -2.40. The summed E-state index contributed by atoms with van der Waals surface area (Å²) in [6.45, 7) is 6.02. The molecular weight excluding hydrogens is 439 g/mol. The molecule has 182 valence electrons. The fraction of sp³-hybridized carbons (Fsp3) is 0.414. The number of aromatic amines is 1. The number of likely N-dealkylation sites (tertiary alicyclic amines) is 2. The molecule has 0 saturated carbocycles. The van der Waals surface area contributed by atoms with Gasteiger partial charge in [-0.2, -0.15) is 0 Å². The Labute approximate surface area is 205 Å². The van der Waals surface area contributed by atoms with Gasteiger partial charge in [0.2, 0.25) is 0 Å². The molecule has 2 fully saturated rings. The number of nitrogens with one attached hydrogen (secondary N) is 1. The molecule has 0 radical (unpaired) electrons. The molecule has 2 aromatic heterocycles. The van der Waals surface area contributed by atoms with Crippen LogP contribution in [0.2, 0.25) is 0 Å². The summed E-state index contributed by atoms with van der Waals surface area (Å²) in [6.07, 6.45) is 7.44. The molecule has 0 spiro atoms. The van der Waals surface area contributed by atoms with E-state index >= 15 is 0 Å². The molecule has 6 heteroatoms. The van der Waals surface area contributed by atoms with E-state index in [0.29, 0.717) is 17.8 Å². The number of amides is 1. The van der Waals surface area contributed by atoms with Crippen LogP contribution >= 0.6 is 0 Å². The number of nitrogens with zero attached hydrogens (tertiary/aromatic N) is 3. The molecule has 35 heavy (non-hydrogen) atoms. The van der Waals surface area contributed by atoms with Gasteiger partial charge in [0.15, 0.2) is 0 Å². The molecule has 2 aromatic carbocycles. The van der Waals surface area contributed by atoms with Crippen LogP contribution in [0.15, 0.2) is 54.7 Å². The average molecular weight is 473 g/mol. The third kappa shape index (κ3) is 4.36. The van der Waals surface area contributed by atoms with Crippen molar-refractivity contribution in [3.05, 3.63) is 71.8 Å². The maximum absolute atomic E-state index is 13.8. The summed E-state index contributed by atoms with van der Waals surface area (Å²) in [7, 11) is 0. The van der Waals surface area contributed by atoms with E-state index in [1.807, 2.05) is 12.1 Å². The zero-order valence-electron chi connectivity index (χ0n) is 20.3. The van der Waals surface area contributed by atoms with E-state index in [9.17, 15) is 9.18 Å². The average Bonchev–Trinajstić information content (AvgIpc) is 3.60. The number of carbonyl (C=O) groups excluding carboxylic acids is 1. The molecule has 2 aliphatic heterocycles. The van der Waals surface area contributed by atoms with Crippen molar-refractivity contribution in [1.29, 1.82) is 0 Å². The second-order valence-electron chi connectivity index (χ2n) is 10.4. The number of aryl methyl sites for hydroxylation is 1. The van der Waals surface area contributed by atoms with Crippen molar-refractivity contribution in [2.75, 3.05) is 26.2 Å². The molecular formula is C29H33FN4O. The molecule has 4 heterocycles. The minimum Gasteiger partial charge on any atom is -0.351 e. The Bertz CT molecular complexity index is 1360. The zero-order chi connectivity index (χ0) is 23.9. The van der Waals surface area contributed by atoms with Crippen molar-refractivity contribution in [2.24, 2.45) is 0 Å². The highest BCUT2D eigenvalue weighted by molar-refractivity contribution is 5.98. The summed E-state index contributed by atoms with van der Waals surface area (Å²) < 4.78 is 16.0. The van der Waals surface area contributed by atoms with Gasteiger partial charge >= 0.3 is 0 Å². The molecule has 2 aliphatic rings. The van der Waals surface area contributed by atoms with E-state index < -0.39 is 0 Å². The molecule has 1 N–H and O–H groups in total. The normalized spacial score (nSPS) is 19.8. The minimum absolute atomic E-state index is 0.131. The van der Waals surface area contributed by atoms with Gasteiger partial charge in [0.05, 0.1) is 5.52 Å². The molecule has 4 aromatic rings. The number of fused-ring (bicyclic) bond motifs is 2. The van der Waals surface area contributed by atoms with Crippen LogP contribution in [0.4, 0.5) is 4.39 Å². The quantitative estimate of drug-likeness (QED) is 0.393. The summed E-state index contributed by atoms with van der Waals surface area (Å²) in [4.78, 5) is 21.3. The molecule has 1 unspecified atom stereocenters. The van der Waals surface area contributed by atoms with Crippen LogP contribution in [0, 0.1) is 12.7 Å². The topological polar surface area (TPSA) is 44.3 Å². The first-order valence-electron chi connectivity index (χ1n) is 12.9. The summed E-state index contributed by atoms with van der Waals surface area (Å²) in [5.74, 6) is -0.0418. The molecule has 0 aliphatic carbocycles. The second-order valence-corrected chi connectivity index (χ2v) is 10.4. The van der Waals surface area contributed by atoms with Crippen molar-refractivity contribution in [3.8, 4) is 0 Å². The Morgan fingerprint density at radius 2 is 1.83 bits per heavy atom. The predicted octanol–water partition coefficient (Wildman–Crippen LogP) is 5.90. The Balaban J connectivity index is 1.06. The number of hydrogen-bond donors (Lipinski definition) is 1. The first-order valence-corrected chi connectivity index (χ1v) is 12.9. The van der Waals surface area contributed by atoms with Crippen LogP contribution < -0.4 is 0 Å². The lowest BCUT2D eigenvalue weighted by molar-refractivity contribution is 0.0710. The number of H-pyrrole nitrogens is 1. The first-order chi connectivity index (χ1) is 17.0. The molecule has 1 atom stereocenters. The Morgan fingerprint density at radius 3 is 2.69 bits per heavy atom. The number of piperidine rings is 1. The summed E-state index contributed by atoms with van der Waals surface area (Å²) in [6, 6.07) is 16.1. The van der Waals surface area contributed by atoms with Crippen LogP contribution in [0.5, 0.6) is 0 Å². The van der Waals surface area contributed by atoms with Gasteiger partial charge in [-0.3, -0.25) is 4.79 Å². The van der Waals surface area contributed by atoms with E-state index in [-0.39, 0.29) is 11.7 Å². The summed E-state index contributed by atoms with van der Waals surface area (Å²) in [5, 5.41) is 2.20. The van der Waals surface area contributed by atoms with Gasteiger partial charge in [0.1, 0.15) is 11.5 Å². The second kappa shape index (κ2) is 9.15. The predicted molar refractivity (Wildman–Crippen MR) is 138 cm³/mol. The Hall–Kier alpha value is -3.12. The lowest BCUT2D eigenvalue weighted by atomic mass is 10.0. The van der Waals surface area contributed by atoms with E-state index in [2.05, 4.69) is 56.7 Å². The maximum Gasteiger partial charge on any atom is 0.270 e. The smallest absolute Gasteiger partial charge is 0.270 e. The molecule has 0 bridgehead atoms. The van der Waals surface area contributed by atoms with Crippen LogP contribution in [0.1, 0.15) is 54.2 Å². The van der Waals surface area contributed by atoms with Crippen LogP contribution in [-0.2, 0) is 0 Å². The van der Waals surface area contributed by atoms with Crippen LogP contribution in [-0.4, -0.2) is 57.5 Å². The van der Waals surface area contributed by atoms with Crippen molar-refractivity contribution < 1.29 is 9.18 Å². The van der Waals surface area contributed by atoms with E-state index in [1.54, 1.807) is 6.07 Å². The number of aromatic nitrogens is 2. The van der Waals surface area contributed by atoms with Gasteiger partial charge in [-0.05, 0) is 86.4 Å². The lowest BCUT2D eigenvalue weighted by Gasteiger charge is -2.34. The monoisotopic (exact) mass is 472 g/mol. The SMILES string of the molecule is Cc1ccc2cc(C(=O)N3CCCC3CCN3CCC(n4ccc5ccc(F)cc54)CC3)[nH]c2c1. The van der Waals surface area contributed by atoms with Gasteiger partial charge in [-0.25, -0.2) is 4.39 Å². The third-order valence-corrected chi connectivity index (χ3v) is 8.06. The van der Waals surface area contributed by atoms with E-state index in [1.165, 1.54) is 11.6 Å². The highest BCUT2D eigenvalue weighted by atomic mass is 19.1. The molecule has 1 amide bonds. The maximum atomic E-state index is 13.8. The number of halogens is 1. The third-order valence-electron chi connectivity index (χ3n) is 8.06. The van der Waals surface area contributed by atoms with Gasteiger partial charge in [0.25, 0.3) is 5.91 Å². The van der Waals surface area contributed by atoms with E-state index in [4.69, 9.17) is 0 Å². The Morgan fingerprint density at radius 1 is 1.00 bits per heavy atom. The number of benzene rings is 2. The first kappa shape index (κ1) is 22.4. The van der Waals surface area contributed by atoms with Gasteiger partial charge in [-0.15, -0.1) is 0 Å². The zero-order valence-corrected chi connectivity index (χ0v) is 20.3. The van der Waals surface area contributed by atoms with Crippen molar-refractivity contribution in [2.45, 2.75) is 51.1 Å². The van der Waals surface area contributed by atoms with Gasteiger partial charge < -0.3 is 19.4 Å². The molecule has 2 saturated heterocycles. The largest absolute Gasteiger partial charge is 0.351 e. The molecule has 5 nitrogen and oxygen atoms in total. The molecule has 6 rings (SSSR count). The van der Waals surface area contributed by atoms with Gasteiger partial charge in [0, 0.05) is 55.4 Å². The fourth-order valence-corrected chi connectivity index (χ4v) is 6.11. The fourth-order valence-electron chi connectivity index (χ4n) is 6.11. The standard InChI is InChI=1S/C29H33FN4O/c1-20-4-5-22-18-27(31-26(22)17-20)29(35)34-12-2-3-24(34)9-13-32-14-10-25(11-15-32)33-16-8-21-6-7-23(30)19-28(21)33/h4-8,16-19,24-25,31H,2-3,9-15H2,1H3.